The van der Waals surface area contributed by atoms with E-state index in [4.69, 9.17) is 11.6 Å². The first-order chi connectivity index (χ1) is 12.0. The van der Waals surface area contributed by atoms with E-state index in [0.717, 1.165) is 48.8 Å². The molecular formula is C18H22ClN5O. The van der Waals surface area contributed by atoms with Crippen LogP contribution < -0.4 is 10.2 Å². The average molecular weight is 360 g/mol. The third-order valence-corrected chi connectivity index (χ3v) is 4.58. The fourth-order valence-electron chi connectivity index (χ4n) is 3.01. The van der Waals surface area contributed by atoms with Crippen LogP contribution in [0.15, 0.2) is 30.6 Å². The third-order valence-electron chi connectivity index (χ3n) is 4.40. The normalized spacial score (nSPS) is 15.2. The lowest BCUT2D eigenvalue weighted by Gasteiger charge is -2.34. The number of para-hydroxylation sites is 1. The van der Waals surface area contributed by atoms with Gasteiger partial charge in [-0.1, -0.05) is 29.8 Å². The van der Waals surface area contributed by atoms with E-state index in [9.17, 15) is 4.79 Å². The number of nitrogens with one attached hydrogen (secondary N) is 1. The van der Waals surface area contributed by atoms with Crippen molar-refractivity contribution in [1.82, 2.24) is 14.9 Å². The Bertz CT molecular complexity index is 739. The van der Waals surface area contributed by atoms with Gasteiger partial charge in [-0.2, -0.15) is 0 Å². The zero-order chi connectivity index (χ0) is 17.8. The van der Waals surface area contributed by atoms with Crippen LogP contribution in [0.1, 0.15) is 11.1 Å². The molecule has 1 fully saturated rings. The number of amides is 1. The van der Waals surface area contributed by atoms with Gasteiger partial charge in [0.25, 0.3) is 0 Å². The van der Waals surface area contributed by atoms with Crippen molar-refractivity contribution in [2.24, 2.45) is 0 Å². The molecule has 0 bridgehead atoms. The molecule has 1 aromatic carbocycles. The molecule has 0 aliphatic carbocycles. The van der Waals surface area contributed by atoms with Crippen LogP contribution in [0.4, 0.5) is 11.5 Å². The van der Waals surface area contributed by atoms with E-state index in [1.807, 2.05) is 32.0 Å². The molecular weight excluding hydrogens is 338 g/mol. The van der Waals surface area contributed by atoms with Crippen LogP contribution in [0, 0.1) is 13.8 Å². The first kappa shape index (κ1) is 17.6. The first-order valence-corrected chi connectivity index (χ1v) is 8.71. The summed E-state index contributed by atoms with van der Waals surface area (Å²) in [5.41, 5.74) is 3.08. The van der Waals surface area contributed by atoms with Crippen LogP contribution >= 0.6 is 11.6 Å². The van der Waals surface area contributed by atoms with Gasteiger partial charge in [-0.3, -0.25) is 14.7 Å². The van der Waals surface area contributed by atoms with E-state index in [1.54, 1.807) is 6.20 Å². The summed E-state index contributed by atoms with van der Waals surface area (Å²) in [5.74, 6) is 0.806. The molecule has 1 amide bonds. The molecule has 1 aliphatic rings. The van der Waals surface area contributed by atoms with Gasteiger partial charge in [0.15, 0.2) is 0 Å². The standard InChI is InChI=1S/C18H22ClN5O/c1-13-4-3-5-14(2)18(13)22-17(25)12-23-6-8-24(9-7-23)16-11-20-10-15(19)21-16/h3-5,10-11H,6-9,12H2,1-2H3,(H,22,25). The van der Waals surface area contributed by atoms with Gasteiger partial charge in [0.2, 0.25) is 5.91 Å². The molecule has 1 aromatic heterocycles. The van der Waals surface area contributed by atoms with Gasteiger partial charge in [0.1, 0.15) is 11.0 Å². The summed E-state index contributed by atoms with van der Waals surface area (Å²) in [4.78, 5) is 25.0. The molecule has 0 saturated carbocycles. The molecule has 3 rings (SSSR count). The molecule has 1 N–H and O–H groups in total. The average Bonchev–Trinajstić information content (AvgIpc) is 2.59. The number of aromatic nitrogens is 2. The SMILES string of the molecule is Cc1cccc(C)c1NC(=O)CN1CCN(c2cncc(Cl)n2)CC1. The summed E-state index contributed by atoms with van der Waals surface area (Å²) in [6, 6.07) is 6.01. The highest BCUT2D eigenvalue weighted by Crippen LogP contribution is 2.19. The maximum Gasteiger partial charge on any atom is 0.238 e. The molecule has 2 heterocycles. The van der Waals surface area contributed by atoms with Crippen LogP contribution in [0.5, 0.6) is 0 Å². The molecule has 0 unspecified atom stereocenters. The second kappa shape index (κ2) is 7.80. The maximum absolute atomic E-state index is 12.4. The lowest BCUT2D eigenvalue weighted by atomic mass is 10.1. The number of aryl methyl sites for hydroxylation is 2. The molecule has 0 atom stereocenters. The molecule has 25 heavy (non-hydrogen) atoms. The molecule has 132 valence electrons. The molecule has 0 spiro atoms. The van der Waals surface area contributed by atoms with E-state index in [-0.39, 0.29) is 5.91 Å². The van der Waals surface area contributed by atoms with Crippen molar-refractivity contribution < 1.29 is 4.79 Å². The van der Waals surface area contributed by atoms with Crippen molar-refractivity contribution in [1.29, 1.82) is 0 Å². The predicted molar refractivity (Wildman–Crippen MR) is 100 cm³/mol. The molecule has 6 nitrogen and oxygen atoms in total. The lowest BCUT2D eigenvalue weighted by Crippen LogP contribution is -2.49. The first-order valence-electron chi connectivity index (χ1n) is 8.34. The number of carbonyl (C=O) groups is 1. The highest BCUT2D eigenvalue weighted by molar-refractivity contribution is 6.29. The minimum Gasteiger partial charge on any atom is -0.353 e. The highest BCUT2D eigenvalue weighted by atomic mass is 35.5. The summed E-state index contributed by atoms with van der Waals surface area (Å²) < 4.78 is 0. The Kier molecular flexibility index (Phi) is 5.50. The van der Waals surface area contributed by atoms with Crippen LogP contribution in [0.25, 0.3) is 0 Å². The Labute approximate surface area is 152 Å². The van der Waals surface area contributed by atoms with E-state index >= 15 is 0 Å². The molecule has 0 radical (unpaired) electrons. The predicted octanol–water partition coefficient (Wildman–Crippen LogP) is 2.51. The number of benzene rings is 1. The van der Waals surface area contributed by atoms with Gasteiger partial charge in [-0.05, 0) is 25.0 Å². The smallest absolute Gasteiger partial charge is 0.238 e. The fraction of sp³-hybridized carbons (Fsp3) is 0.389. The van der Waals surface area contributed by atoms with Gasteiger partial charge < -0.3 is 10.2 Å². The zero-order valence-electron chi connectivity index (χ0n) is 14.5. The maximum atomic E-state index is 12.4. The number of hydrogen-bond acceptors (Lipinski definition) is 5. The Morgan fingerprint density at radius 2 is 1.84 bits per heavy atom. The van der Waals surface area contributed by atoms with Crippen molar-refractivity contribution in [3.63, 3.8) is 0 Å². The number of nitrogens with zero attached hydrogens (tertiary/aromatic N) is 4. The van der Waals surface area contributed by atoms with Crippen LogP contribution in [-0.2, 0) is 4.79 Å². The number of carbonyl (C=O) groups excluding carboxylic acids is 1. The summed E-state index contributed by atoms with van der Waals surface area (Å²) in [6.07, 6.45) is 3.24. The number of piperazine rings is 1. The number of halogens is 1. The Morgan fingerprint density at radius 1 is 1.16 bits per heavy atom. The Morgan fingerprint density at radius 3 is 2.48 bits per heavy atom. The Hall–Kier alpha value is -2.18. The zero-order valence-corrected chi connectivity index (χ0v) is 15.3. The highest BCUT2D eigenvalue weighted by Gasteiger charge is 2.20. The number of rotatable bonds is 4. The summed E-state index contributed by atoms with van der Waals surface area (Å²) in [7, 11) is 0. The summed E-state index contributed by atoms with van der Waals surface area (Å²) >= 11 is 5.90. The number of anilines is 2. The topological polar surface area (TPSA) is 61.4 Å². The van der Waals surface area contributed by atoms with Gasteiger partial charge in [-0.25, -0.2) is 4.98 Å². The summed E-state index contributed by atoms with van der Waals surface area (Å²) in [5, 5.41) is 3.44. The van der Waals surface area contributed by atoms with E-state index < -0.39 is 0 Å². The largest absolute Gasteiger partial charge is 0.353 e. The molecule has 2 aromatic rings. The fourth-order valence-corrected chi connectivity index (χ4v) is 3.16. The van der Waals surface area contributed by atoms with Gasteiger partial charge in [0.05, 0.1) is 18.9 Å². The molecule has 7 heteroatoms. The van der Waals surface area contributed by atoms with E-state index in [1.165, 1.54) is 6.20 Å². The van der Waals surface area contributed by atoms with Gasteiger partial charge in [-0.15, -0.1) is 0 Å². The second-order valence-electron chi connectivity index (χ2n) is 6.28. The third kappa shape index (κ3) is 4.46. The minimum absolute atomic E-state index is 0.0217. The van der Waals surface area contributed by atoms with Crippen molar-refractivity contribution in [3.05, 3.63) is 46.9 Å². The van der Waals surface area contributed by atoms with Crippen LogP contribution in [0.2, 0.25) is 5.15 Å². The minimum atomic E-state index is 0.0217. The van der Waals surface area contributed by atoms with E-state index in [2.05, 4.69) is 25.1 Å². The Balaban J connectivity index is 1.53. The quantitative estimate of drug-likeness (QED) is 0.908. The summed E-state index contributed by atoms with van der Waals surface area (Å²) in [6.45, 7) is 7.60. The number of hydrogen-bond donors (Lipinski definition) is 1. The monoisotopic (exact) mass is 359 g/mol. The van der Waals surface area contributed by atoms with E-state index in [0.29, 0.717) is 11.7 Å². The van der Waals surface area contributed by atoms with Gasteiger partial charge in [0, 0.05) is 31.9 Å². The lowest BCUT2D eigenvalue weighted by molar-refractivity contribution is -0.117. The molecule has 1 aliphatic heterocycles. The van der Waals surface area contributed by atoms with Crippen molar-refractivity contribution >= 4 is 29.0 Å². The van der Waals surface area contributed by atoms with Crippen LogP contribution in [-0.4, -0.2) is 53.5 Å². The molecule has 1 saturated heterocycles. The van der Waals surface area contributed by atoms with Crippen LogP contribution in [0.3, 0.4) is 0 Å². The van der Waals surface area contributed by atoms with Crippen molar-refractivity contribution in [2.45, 2.75) is 13.8 Å². The second-order valence-corrected chi connectivity index (χ2v) is 6.67. The van der Waals surface area contributed by atoms with Crippen molar-refractivity contribution in [3.8, 4) is 0 Å². The van der Waals surface area contributed by atoms with Gasteiger partial charge >= 0.3 is 0 Å². The van der Waals surface area contributed by atoms with Crippen molar-refractivity contribution in [2.75, 3.05) is 42.9 Å².